The summed E-state index contributed by atoms with van der Waals surface area (Å²) in [5.74, 6) is 0.0387. The molecule has 5 atom stereocenters. The highest BCUT2D eigenvalue weighted by Gasteiger charge is 2.55. The van der Waals surface area contributed by atoms with E-state index in [2.05, 4.69) is 12.1 Å². The maximum atomic E-state index is 13.6. The van der Waals surface area contributed by atoms with E-state index in [4.69, 9.17) is 18.9 Å². The summed E-state index contributed by atoms with van der Waals surface area (Å²) in [5, 5.41) is 0. The van der Waals surface area contributed by atoms with Crippen LogP contribution in [0.25, 0.3) is 0 Å². The van der Waals surface area contributed by atoms with Gasteiger partial charge in [-0.3, -0.25) is 4.79 Å². The number of amides is 1. The molecule has 6 rings (SSSR count). The summed E-state index contributed by atoms with van der Waals surface area (Å²) >= 11 is 0. The lowest BCUT2D eigenvalue weighted by Gasteiger charge is -2.42. The summed E-state index contributed by atoms with van der Waals surface area (Å²) in [4.78, 5) is 15.5. The molecular formula is C36H37NO5. The van der Waals surface area contributed by atoms with E-state index in [-0.39, 0.29) is 30.6 Å². The SMILES string of the molecule is O=C1C[C@@H](OCc2ccccc2)[C@@H](OCc2ccccc2)[C@@H]2[C@H](OCc3ccccc3)[C@H](OCc3ccccc3)CN12. The van der Waals surface area contributed by atoms with Gasteiger partial charge in [0.2, 0.25) is 5.91 Å². The average Bonchev–Trinajstić information content (AvgIpc) is 3.42. The highest BCUT2D eigenvalue weighted by molar-refractivity contribution is 5.79. The van der Waals surface area contributed by atoms with Gasteiger partial charge in [0.1, 0.15) is 18.3 Å². The number of rotatable bonds is 12. The molecule has 1 amide bonds. The Morgan fingerprint density at radius 1 is 0.500 bits per heavy atom. The summed E-state index contributed by atoms with van der Waals surface area (Å²) in [6.45, 7) is 2.12. The number of carbonyl (C=O) groups excluding carboxylic acids is 1. The smallest absolute Gasteiger partial charge is 0.225 e. The molecule has 4 aromatic rings. The van der Waals surface area contributed by atoms with Crippen molar-refractivity contribution in [1.82, 2.24) is 4.90 Å². The van der Waals surface area contributed by atoms with Crippen LogP contribution in [0.2, 0.25) is 0 Å². The number of benzene rings is 4. The van der Waals surface area contributed by atoms with Crippen molar-refractivity contribution in [3.05, 3.63) is 144 Å². The number of nitrogens with zero attached hydrogens (tertiary/aromatic N) is 1. The van der Waals surface area contributed by atoms with Gasteiger partial charge in [0.25, 0.3) is 0 Å². The minimum Gasteiger partial charge on any atom is -0.370 e. The van der Waals surface area contributed by atoms with Crippen LogP contribution in [0.1, 0.15) is 28.7 Å². The van der Waals surface area contributed by atoms with Crippen LogP contribution in [-0.4, -0.2) is 47.8 Å². The van der Waals surface area contributed by atoms with Crippen LogP contribution in [-0.2, 0) is 50.2 Å². The Bertz CT molecular complexity index is 1390. The lowest BCUT2D eigenvalue weighted by molar-refractivity contribution is -0.178. The predicted molar refractivity (Wildman–Crippen MR) is 160 cm³/mol. The molecule has 0 radical (unpaired) electrons. The average molecular weight is 564 g/mol. The van der Waals surface area contributed by atoms with Gasteiger partial charge < -0.3 is 23.8 Å². The fourth-order valence-corrected chi connectivity index (χ4v) is 5.88. The van der Waals surface area contributed by atoms with E-state index >= 15 is 0 Å². The molecule has 2 fully saturated rings. The van der Waals surface area contributed by atoms with E-state index in [1.54, 1.807) is 0 Å². The second-order valence-corrected chi connectivity index (χ2v) is 10.9. The van der Waals surface area contributed by atoms with E-state index in [1.165, 1.54) is 0 Å². The summed E-state index contributed by atoms with van der Waals surface area (Å²) in [7, 11) is 0. The van der Waals surface area contributed by atoms with Gasteiger partial charge in [-0.15, -0.1) is 0 Å². The molecule has 0 N–H and O–H groups in total. The van der Waals surface area contributed by atoms with Crippen molar-refractivity contribution in [2.24, 2.45) is 0 Å². The molecule has 2 saturated heterocycles. The minimum atomic E-state index is -0.418. The van der Waals surface area contributed by atoms with Gasteiger partial charge in [0, 0.05) is 0 Å². The van der Waals surface area contributed by atoms with Crippen molar-refractivity contribution >= 4 is 5.91 Å². The molecule has 0 saturated carbocycles. The van der Waals surface area contributed by atoms with Crippen molar-refractivity contribution < 1.29 is 23.7 Å². The third-order valence-corrected chi connectivity index (χ3v) is 8.02. The summed E-state index contributed by atoms with van der Waals surface area (Å²) in [5.41, 5.74) is 4.27. The summed E-state index contributed by atoms with van der Waals surface area (Å²) in [6.07, 6.45) is -1.25. The second-order valence-electron chi connectivity index (χ2n) is 10.9. The van der Waals surface area contributed by atoms with Crippen LogP contribution in [0, 0.1) is 0 Å². The van der Waals surface area contributed by atoms with Gasteiger partial charge >= 0.3 is 0 Å². The van der Waals surface area contributed by atoms with Gasteiger partial charge in [-0.25, -0.2) is 0 Å². The van der Waals surface area contributed by atoms with E-state index in [0.29, 0.717) is 33.0 Å². The molecule has 0 aromatic heterocycles. The molecular weight excluding hydrogens is 526 g/mol. The molecule has 4 aromatic carbocycles. The first kappa shape index (κ1) is 28.3. The minimum absolute atomic E-state index is 0.0387. The molecule has 0 spiro atoms. The first-order valence-electron chi connectivity index (χ1n) is 14.7. The lowest BCUT2D eigenvalue weighted by Crippen LogP contribution is -2.59. The quantitative estimate of drug-likeness (QED) is 0.214. The Morgan fingerprint density at radius 2 is 0.857 bits per heavy atom. The normalized spacial score (nSPS) is 23.6. The largest absolute Gasteiger partial charge is 0.370 e. The zero-order chi connectivity index (χ0) is 28.6. The van der Waals surface area contributed by atoms with E-state index < -0.39 is 12.2 Å². The number of hydrogen-bond donors (Lipinski definition) is 0. The molecule has 0 bridgehead atoms. The van der Waals surface area contributed by atoms with Crippen LogP contribution < -0.4 is 0 Å². The predicted octanol–water partition coefficient (Wildman–Crippen LogP) is 5.94. The van der Waals surface area contributed by atoms with E-state index in [0.717, 1.165) is 22.3 Å². The molecule has 6 nitrogen and oxygen atoms in total. The number of hydrogen-bond acceptors (Lipinski definition) is 5. The maximum Gasteiger partial charge on any atom is 0.225 e. The zero-order valence-electron chi connectivity index (χ0n) is 23.7. The van der Waals surface area contributed by atoms with Gasteiger partial charge in [0.05, 0.1) is 51.5 Å². The highest BCUT2D eigenvalue weighted by atomic mass is 16.6. The highest BCUT2D eigenvalue weighted by Crippen LogP contribution is 2.36. The molecule has 0 unspecified atom stereocenters. The van der Waals surface area contributed by atoms with Gasteiger partial charge in [-0.1, -0.05) is 121 Å². The maximum absolute atomic E-state index is 13.6. The Kier molecular flexibility index (Phi) is 9.37. The fourth-order valence-electron chi connectivity index (χ4n) is 5.88. The van der Waals surface area contributed by atoms with E-state index in [9.17, 15) is 4.79 Å². The van der Waals surface area contributed by atoms with E-state index in [1.807, 2.05) is 114 Å². The first-order valence-corrected chi connectivity index (χ1v) is 14.7. The monoisotopic (exact) mass is 563 g/mol. The molecule has 2 heterocycles. The Hall–Kier alpha value is -3.81. The van der Waals surface area contributed by atoms with Crippen molar-refractivity contribution in [2.75, 3.05) is 6.54 Å². The standard InChI is InChI=1S/C36H37NO5/c38-33-21-31(39-23-27-13-5-1-6-14-27)35(41-25-29-17-9-3-10-18-29)34-36(42-26-30-19-11-4-12-20-30)32(22-37(33)34)40-24-28-15-7-2-8-16-28/h1-20,31-32,34-36H,21-26H2/t31-,32-,34-,35-,36-/m1/s1. The van der Waals surface area contributed by atoms with Crippen LogP contribution in [0.4, 0.5) is 0 Å². The Balaban J connectivity index is 1.27. The van der Waals surface area contributed by atoms with Gasteiger partial charge in [-0.05, 0) is 22.3 Å². The number of ether oxygens (including phenoxy) is 4. The van der Waals surface area contributed by atoms with Crippen LogP contribution in [0.5, 0.6) is 0 Å². The Morgan fingerprint density at radius 3 is 1.29 bits per heavy atom. The third kappa shape index (κ3) is 6.97. The summed E-state index contributed by atoms with van der Waals surface area (Å²) in [6, 6.07) is 40.0. The number of piperidine rings is 1. The molecule has 0 aliphatic carbocycles. The van der Waals surface area contributed by atoms with Gasteiger partial charge in [0.15, 0.2) is 0 Å². The number of carbonyl (C=O) groups is 1. The topological polar surface area (TPSA) is 57.2 Å². The van der Waals surface area contributed by atoms with Crippen molar-refractivity contribution in [2.45, 2.75) is 63.3 Å². The fraction of sp³-hybridized carbons (Fsp3) is 0.306. The second kappa shape index (κ2) is 13.9. The molecule has 216 valence electrons. The van der Waals surface area contributed by atoms with Crippen LogP contribution >= 0.6 is 0 Å². The van der Waals surface area contributed by atoms with Crippen molar-refractivity contribution in [3.63, 3.8) is 0 Å². The van der Waals surface area contributed by atoms with Gasteiger partial charge in [-0.2, -0.15) is 0 Å². The molecule has 6 heteroatoms. The first-order chi connectivity index (χ1) is 20.7. The number of fused-ring (bicyclic) bond motifs is 1. The molecule has 42 heavy (non-hydrogen) atoms. The van der Waals surface area contributed by atoms with Crippen LogP contribution in [0.15, 0.2) is 121 Å². The molecule has 2 aliphatic heterocycles. The third-order valence-electron chi connectivity index (χ3n) is 8.02. The van der Waals surface area contributed by atoms with Crippen LogP contribution in [0.3, 0.4) is 0 Å². The zero-order valence-corrected chi connectivity index (χ0v) is 23.7. The summed E-state index contributed by atoms with van der Waals surface area (Å²) < 4.78 is 26.3. The molecule has 2 aliphatic rings. The van der Waals surface area contributed by atoms with Crippen molar-refractivity contribution in [3.8, 4) is 0 Å². The van der Waals surface area contributed by atoms with Crippen molar-refractivity contribution in [1.29, 1.82) is 0 Å². The lowest BCUT2D eigenvalue weighted by atomic mass is 9.93. The Labute approximate surface area is 247 Å².